The number of hydrogen-bond donors (Lipinski definition) is 0. The van der Waals surface area contributed by atoms with Crippen molar-refractivity contribution >= 4 is 0 Å². The average molecular weight is 432 g/mol. The molecule has 0 aliphatic heterocycles. The van der Waals surface area contributed by atoms with E-state index in [0.717, 1.165) is 45.6 Å². The molecule has 4 nitrogen and oxygen atoms in total. The fourth-order valence-corrected chi connectivity index (χ4v) is 2.74. The van der Waals surface area contributed by atoms with E-state index >= 15 is 0 Å². The maximum absolute atomic E-state index is 4.42. The summed E-state index contributed by atoms with van der Waals surface area (Å²) < 4.78 is 0. The van der Waals surface area contributed by atoms with E-state index in [0.29, 0.717) is 0 Å². The van der Waals surface area contributed by atoms with E-state index in [1.54, 1.807) is 0 Å². The molecular weight excluding hydrogens is 408 g/mol. The summed E-state index contributed by atoms with van der Waals surface area (Å²) in [5.74, 6) is 0. The smallest absolute Gasteiger partial charge is 0.0889 e. The van der Waals surface area contributed by atoms with Gasteiger partial charge in [0.25, 0.3) is 0 Å². The van der Waals surface area contributed by atoms with Gasteiger partial charge in [0.05, 0.1) is 22.8 Å². The molecule has 0 aromatic carbocycles. The van der Waals surface area contributed by atoms with Gasteiger partial charge in [0.1, 0.15) is 0 Å². The normalized spacial score (nSPS) is 9.79. The van der Waals surface area contributed by atoms with Crippen LogP contribution in [0, 0.1) is 27.7 Å². The molecule has 0 fully saturated rings. The van der Waals surface area contributed by atoms with E-state index in [1.807, 2.05) is 100 Å². The van der Waals surface area contributed by atoms with E-state index in [4.69, 9.17) is 0 Å². The molecule has 151 valence electrons. The van der Waals surface area contributed by atoms with Crippen LogP contribution in [0.1, 0.15) is 22.8 Å². The van der Waals surface area contributed by atoms with Gasteiger partial charge in [-0.2, -0.15) is 0 Å². The van der Waals surface area contributed by atoms with Gasteiger partial charge in [-0.1, -0.05) is 24.3 Å². The summed E-state index contributed by atoms with van der Waals surface area (Å²) in [5, 5.41) is 0. The molecule has 5 heteroatoms. The molecule has 29 heavy (non-hydrogen) atoms. The van der Waals surface area contributed by atoms with Gasteiger partial charge < -0.3 is 0 Å². The van der Waals surface area contributed by atoms with Crippen molar-refractivity contribution in [1.82, 2.24) is 19.9 Å². The third-order valence-electron chi connectivity index (χ3n) is 4.08. The van der Waals surface area contributed by atoms with Crippen LogP contribution in [0.3, 0.4) is 0 Å². The largest absolute Gasteiger partial charge is 0.251 e. The van der Waals surface area contributed by atoms with Gasteiger partial charge in [-0.3, -0.25) is 19.9 Å². The van der Waals surface area contributed by atoms with E-state index in [1.165, 1.54) is 0 Å². The molecule has 0 saturated heterocycles. The van der Waals surface area contributed by atoms with Crippen LogP contribution < -0.4 is 0 Å². The SMILES string of the molecule is Cc1cccc(-c2cccc(C)n2)n1.Cc1cccc(-c2cccc(C)n2)n1.[Cu]. The Morgan fingerprint density at radius 3 is 0.759 bits per heavy atom. The van der Waals surface area contributed by atoms with Gasteiger partial charge in [-0.15, -0.1) is 0 Å². The third-order valence-corrected chi connectivity index (χ3v) is 4.08. The Morgan fingerprint density at radius 2 is 0.586 bits per heavy atom. The molecule has 0 spiro atoms. The summed E-state index contributed by atoms with van der Waals surface area (Å²) in [6.45, 7) is 7.94. The molecule has 4 aromatic rings. The predicted octanol–water partition coefficient (Wildman–Crippen LogP) is 5.52. The Labute approximate surface area is 183 Å². The molecule has 0 aliphatic carbocycles. The molecule has 4 heterocycles. The predicted molar refractivity (Wildman–Crippen MR) is 114 cm³/mol. The van der Waals surface area contributed by atoms with Crippen LogP contribution in [0.25, 0.3) is 22.8 Å². The average Bonchev–Trinajstić information content (AvgIpc) is 2.69. The van der Waals surface area contributed by atoms with Crippen LogP contribution in [-0.4, -0.2) is 19.9 Å². The number of aromatic nitrogens is 4. The first-order chi connectivity index (χ1) is 13.5. The first-order valence-corrected chi connectivity index (χ1v) is 9.26. The minimum atomic E-state index is 0. The van der Waals surface area contributed by atoms with Crippen molar-refractivity contribution in [2.75, 3.05) is 0 Å². The minimum absolute atomic E-state index is 0. The maximum atomic E-state index is 4.42. The quantitative estimate of drug-likeness (QED) is 0.392. The second kappa shape index (κ2) is 10.6. The maximum Gasteiger partial charge on any atom is 0.0889 e. The monoisotopic (exact) mass is 431 g/mol. The van der Waals surface area contributed by atoms with Crippen LogP contribution in [-0.2, 0) is 17.1 Å². The molecule has 0 aliphatic rings. The molecule has 0 saturated carbocycles. The van der Waals surface area contributed by atoms with Gasteiger partial charge in [-0.05, 0) is 76.2 Å². The number of aryl methyl sites for hydroxylation is 4. The van der Waals surface area contributed by atoms with Gasteiger partial charge >= 0.3 is 0 Å². The second-order valence-electron chi connectivity index (χ2n) is 6.66. The van der Waals surface area contributed by atoms with Crippen LogP contribution in [0.15, 0.2) is 72.8 Å². The first kappa shape index (κ1) is 22.4. The van der Waals surface area contributed by atoms with Crippen LogP contribution in [0.2, 0.25) is 0 Å². The van der Waals surface area contributed by atoms with Gasteiger partial charge in [0.15, 0.2) is 0 Å². The number of hydrogen-bond acceptors (Lipinski definition) is 4. The summed E-state index contributed by atoms with van der Waals surface area (Å²) in [4.78, 5) is 17.7. The molecule has 0 amide bonds. The van der Waals surface area contributed by atoms with Gasteiger partial charge in [0, 0.05) is 39.8 Å². The molecular formula is C24H24CuN4. The topological polar surface area (TPSA) is 51.6 Å². The van der Waals surface area contributed by atoms with E-state index < -0.39 is 0 Å². The first-order valence-electron chi connectivity index (χ1n) is 9.26. The number of pyridine rings is 4. The summed E-state index contributed by atoms with van der Waals surface area (Å²) in [5.41, 5.74) is 7.83. The Morgan fingerprint density at radius 1 is 0.379 bits per heavy atom. The minimum Gasteiger partial charge on any atom is -0.251 e. The Kier molecular flexibility index (Phi) is 8.20. The second-order valence-corrected chi connectivity index (χ2v) is 6.66. The fourth-order valence-electron chi connectivity index (χ4n) is 2.74. The fraction of sp³-hybridized carbons (Fsp3) is 0.167. The summed E-state index contributed by atoms with van der Waals surface area (Å²) in [6, 6.07) is 23.9. The molecule has 0 bridgehead atoms. The molecule has 4 rings (SSSR count). The van der Waals surface area contributed by atoms with Crippen molar-refractivity contribution in [2.24, 2.45) is 0 Å². The molecule has 4 aromatic heterocycles. The van der Waals surface area contributed by atoms with Crippen molar-refractivity contribution in [3.63, 3.8) is 0 Å². The Balaban J connectivity index is 0.000000200. The number of nitrogens with zero attached hydrogens (tertiary/aromatic N) is 4. The van der Waals surface area contributed by atoms with Crippen LogP contribution in [0.4, 0.5) is 0 Å². The Bertz CT molecular complexity index is 905. The van der Waals surface area contributed by atoms with E-state index in [-0.39, 0.29) is 17.1 Å². The van der Waals surface area contributed by atoms with Crippen LogP contribution >= 0.6 is 0 Å². The zero-order chi connectivity index (χ0) is 19.9. The van der Waals surface area contributed by atoms with Crippen molar-refractivity contribution < 1.29 is 17.1 Å². The van der Waals surface area contributed by atoms with E-state index in [9.17, 15) is 0 Å². The zero-order valence-corrected chi connectivity index (χ0v) is 18.0. The van der Waals surface area contributed by atoms with Crippen LogP contribution in [0.5, 0.6) is 0 Å². The molecule has 0 unspecified atom stereocenters. The van der Waals surface area contributed by atoms with Crippen molar-refractivity contribution in [1.29, 1.82) is 0 Å². The van der Waals surface area contributed by atoms with Gasteiger partial charge in [-0.25, -0.2) is 0 Å². The summed E-state index contributed by atoms with van der Waals surface area (Å²) in [6.07, 6.45) is 0. The zero-order valence-electron chi connectivity index (χ0n) is 17.0. The molecule has 1 radical (unpaired) electrons. The standard InChI is InChI=1S/2C12H12N2.Cu/c2*1-9-5-3-7-11(13-9)12-8-4-6-10(2)14-12;/h2*3-8H,1-2H3;. The van der Waals surface area contributed by atoms with E-state index in [2.05, 4.69) is 19.9 Å². The van der Waals surface area contributed by atoms with Gasteiger partial charge in [0.2, 0.25) is 0 Å². The van der Waals surface area contributed by atoms with Crippen molar-refractivity contribution in [3.05, 3.63) is 95.6 Å². The molecule has 0 N–H and O–H groups in total. The van der Waals surface area contributed by atoms with Crippen molar-refractivity contribution in [2.45, 2.75) is 27.7 Å². The Hall–Kier alpha value is -2.88. The number of rotatable bonds is 2. The summed E-state index contributed by atoms with van der Waals surface area (Å²) in [7, 11) is 0. The third kappa shape index (κ3) is 6.60. The summed E-state index contributed by atoms with van der Waals surface area (Å²) >= 11 is 0. The molecule has 0 atom stereocenters. The van der Waals surface area contributed by atoms with Crippen molar-refractivity contribution in [3.8, 4) is 22.8 Å².